The average molecular weight is 499 g/mol. The summed E-state index contributed by atoms with van der Waals surface area (Å²) in [5.41, 5.74) is 4.05. The number of nitriles is 1. The van der Waals surface area contributed by atoms with Gasteiger partial charge in [0.25, 0.3) is 0 Å². The normalized spacial score (nSPS) is 20.8. The molecule has 3 aromatic heterocycles. The summed E-state index contributed by atoms with van der Waals surface area (Å²) >= 11 is 1.45. The fourth-order valence-corrected chi connectivity index (χ4v) is 6.19. The van der Waals surface area contributed by atoms with Crippen LogP contribution in [0.25, 0.3) is 15.9 Å². The van der Waals surface area contributed by atoms with Crippen LogP contribution >= 0.6 is 11.3 Å². The molecular formula is C28H23FN4O2S. The summed E-state index contributed by atoms with van der Waals surface area (Å²) in [6, 6.07) is 13.9. The van der Waals surface area contributed by atoms with Gasteiger partial charge in [0.2, 0.25) is 5.88 Å². The van der Waals surface area contributed by atoms with Crippen LogP contribution in [-0.2, 0) is 13.7 Å². The van der Waals surface area contributed by atoms with Gasteiger partial charge in [-0.2, -0.15) is 5.26 Å². The van der Waals surface area contributed by atoms with Gasteiger partial charge in [-0.1, -0.05) is 18.2 Å². The van der Waals surface area contributed by atoms with Gasteiger partial charge in [-0.3, -0.25) is 4.79 Å². The van der Waals surface area contributed by atoms with E-state index in [2.05, 4.69) is 15.6 Å². The number of thiophene rings is 1. The van der Waals surface area contributed by atoms with Crippen molar-refractivity contribution in [2.45, 2.75) is 38.2 Å². The van der Waals surface area contributed by atoms with Crippen LogP contribution in [-0.4, -0.2) is 20.8 Å². The van der Waals surface area contributed by atoms with E-state index in [1.807, 2.05) is 31.3 Å². The smallest absolute Gasteiger partial charge is 0.214 e. The molecular weight excluding hydrogens is 475 g/mol. The number of pyridine rings is 1. The van der Waals surface area contributed by atoms with Crippen molar-refractivity contribution in [1.82, 2.24) is 14.5 Å². The van der Waals surface area contributed by atoms with Crippen LogP contribution in [0.1, 0.15) is 63.9 Å². The van der Waals surface area contributed by atoms with Gasteiger partial charge in [0.1, 0.15) is 23.1 Å². The van der Waals surface area contributed by atoms with Gasteiger partial charge < -0.3 is 9.30 Å². The molecule has 1 saturated carbocycles. The maximum atomic E-state index is 14.2. The number of halogens is 1. The average Bonchev–Trinajstić information content (AvgIpc) is 3.27. The minimum Gasteiger partial charge on any atom is -0.473 e. The molecule has 6 nitrogen and oxygen atoms in total. The van der Waals surface area contributed by atoms with E-state index in [0.717, 1.165) is 53.8 Å². The van der Waals surface area contributed by atoms with Crippen molar-refractivity contribution in [2.24, 2.45) is 12.5 Å². The van der Waals surface area contributed by atoms with Crippen molar-refractivity contribution in [3.8, 4) is 11.9 Å². The molecule has 2 atom stereocenters. The zero-order valence-electron chi connectivity index (χ0n) is 19.7. The highest BCUT2D eigenvalue weighted by Crippen LogP contribution is 2.66. The highest BCUT2D eigenvalue weighted by Gasteiger charge is 2.56. The number of imidazole rings is 1. The molecule has 0 radical (unpaired) electrons. The SMILES string of the molecule is Cn1c(C2CC23CC=C(c2cccc(OCc4ccc(C#N)cc4F)n2)CC3)nc2sc(C=O)cc21. The molecule has 6 rings (SSSR count). The van der Waals surface area contributed by atoms with Crippen LogP contribution in [0.2, 0.25) is 0 Å². The van der Waals surface area contributed by atoms with Crippen molar-refractivity contribution in [3.63, 3.8) is 0 Å². The summed E-state index contributed by atoms with van der Waals surface area (Å²) in [5.74, 6) is 1.55. The summed E-state index contributed by atoms with van der Waals surface area (Å²) in [6.45, 7) is 0.0489. The minimum absolute atomic E-state index is 0.0489. The van der Waals surface area contributed by atoms with Gasteiger partial charge in [-0.15, -0.1) is 11.3 Å². The molecule has 0 N–H and O–H groups in total. The van der Waals surface area contributed by atoms with Gasteiger partial charge in [0.15, 0.2) is 6.29 Å². The molecule has 1 fully saturated rings. The number of aryl methyl sites for hydroxylation is 1. The first-order valence-electron chi connectivity index (χ1n) is 11.9. The number of fused-ring (bicyclic) bond motifs is 1. The van der Waals surface area contributed by atoms with E-state index in [9.17, 15) is 9.18 Å². The van der Waals surface area contributed by atoms with E-state index in [0.29, 0.717) is 22.2 Å². The van der Waals surface area contributed by atoms with E-state index >= 15 is 0 Å². The third-order valence-corrected chi connectivity index (χ3v) is 8.45. The Hall–Kier alpha value is -3.83. The largest absolute Gasteiger partial charge is 0.473 e. The van der Waals surface area contributed by atoms with Crippen molar-refractivity contribution in [1.29, 1.82) is 5.26 Å². The fraction of sp³-hybridized carbons (Fsp3) is 0.286. The Bertz CT molecular complexity index is 1580. The number of hydrogen-bond acceptors (Lipinski definition) is 6. The van der Waals surface area contributed by atoms with Crippen molar-refractivity contribution < 1.29 is 13.9 Å². The third-order valence-electron chi connectivity index (χ3n) is 7.51. The van der Waals surface area contributed by atoms with E-state index < -0.39 is 5.82 Å². The first-order chi connectivity index (χ1) is 17.5. The summed E-state index contributed by atoms with van der Waals surface area (Å²) in [6.07, 6.45) is 7.31. The Labute approximate surface area is 211 Å². The number of carbonyl (C=O) groups excluding carboxylic acids is 1. The highest BCUT2D eigenvalue weighted by molar-refractivity contribution is 7.20. The van der Waals surface area contributed by atoms with Crippen LogP contribution in [0.15, 0.2) is 48.5 Å². The van der Waals surface area contributed by atoms with Crippen LogP contribution in [0.5, 0.6) is 5.88 Å². The molecule has 36 heavy (non-hydrogen) atoms. The van der Waals surface area contributed by atoms with Gasteiger partial charge in [0.05, 0.1) is 27.7 Å². The molecule has 2 unspecified atom stereocenters. The van der Waals surface area contributed by atoms with Gasteiger partial charge in [0, 0.05) is 24.6 Å². The topological polar surface area (TPSA) is 80.8 Å². The summed E-state index contributed by atoms with van der Waals surface area (Å²) in [7, 11) is 2.04. The summed E-state index contributed by atoms with van der Waals surface area (Å²) in [4.78, 5) is 22.3. The number of hydrogen-bond donors (Lipinski definition) is 0. The van der Waals surface area contributed by atoms with Gasteiger partial charge in [-0.05, 0) is 60.9 Å². The molecule has 0 bridgehead atoms. The monoisotopic (exact) mass is 498 g/mol. The molecule has 180 valence electrons. The zero-order chi connectivity index (χ0) is 24.9. The molecule has 1 spiro atoms. The predicted molar refractivity (Wildman–Crippen MR) is 135 cm³/mol. The molecule has 0 amide bonds. The Morgan fingerprint density at radius 2 is 2.19 bits per heavy atom. The Morgan fingerprint density at radius 3 is 2.92 bits per heavy atom. The van der Waals surface area contributed by atoms with E-state index in [1.165, 1.54) is 23.0 Å². The first-order valence-corrected chi connectivity index (χ1v) is 12.7. The number of rotatable bonds is 6. The molecule has 4 aromatic rings. The van der Waals surface area contributed by atoms with Crippen LogP contribution < -0.4 is 4.74 Å². The molecule has 2 aliphatic rings. The zero-order valence-corrected chi connectivity index (χ0v) is 20.5. The number of aldehydes is 1. The summed E-state index contributed by atoms with van der Waals surface area (Å²) in [5, 5.41) is 8.90. The quantitative estimate of drug-likeness (QED) is 0.297. The molecule has 3 heterocycles. The second-order valence-corrected chi connectivity index (χ2v) is 10.7. The number of allylic oxidation sites excluding steroid dienone is 2. The van der Waals surface area contributed by atoms with Crippen LogP contribution in [0.3, 0.4) is 0 Å². The Morgan fingerprint density at radius 1 is 1.31 bits per heavy atom. The maximum Gasteiger partial charge on any atom is 0.214 e. The maximum absolute atomic E-state index is 14.2. The lowest BCUT2D eigenvalue weighted by Crippen LogP contribution is -2.11. The molecule has 2 aliphatic carbocycles. The predicted octanol–water partition coefficient (Wildman–Crippen LogP) is 6.17. The summed E-state index contributed by atoms with van der Waals surface area (Å²) < 4.78 is 22.1. The number of ether oxygens (including phenoxy) is 1. The second-order valence-electron chi connectivity index (χ2n) is 9.61. The first kappa shape index (κ1) is 22.6. The Kier molecular flexibility index (Phi) is 5.45. The van der Waals surface area contributed by atoms with Gasteiger partial charge in [-0.25, -0.2) is 14.4 Å². The lowest BCUT2D eigenvalue weighted by atomic mass is 9.83. The standard InChI is InChI=1S/C28H23FN4O2S/c1-33-24-12-20(15-34)36-27(24)32-26(33)21-13-28(21)9-7-18(8-10-28)23-3-2-4-25(31-23)35-16-19-6-5-17(14-30)11-22(19)29/h2-7,11-12,15,21H,8-10,13,16H2,1H3. The van der Waals surface area contributed by atoms with Crippen molar-refractivity contribution in [3.05, 3.63) is 81.9 Å². The fourth-order valence-electron chi connectivity index (χ4n) is 5.30. The molecule has 0 saturated heterocycles. The molecule has 0 aliphatic heterocycles. The highest BCUT2D eigenvalue weighted by atomic mass is 32.1. The lowest BCUT2D eigenvalue weighted by molar-refractivity contribution is 0.112. The Balaban J connectivity index is 1.14. The van der Waals surface area contributed by atoms with Crippen LogP contribution in [0.4, 0.5) is 4.39 Å². The van der Waals surface area contributed by atoms with Crippen molar-refractivity contribution >= 4 is 33.5 Å². The minimum atomic E-state index is -0.457. The van der Waals surface area contributed by atoms with E-state index in [-0.39, 0.29) is 17.6 Å². The van der Waals surface area contributed by atoms with E-state index in [4.69, 9.17) is 15.0 Å². The lowest BCUT2D eigenvalue weighted by Gasteiger charge is -2.22. The number of aromatic nitrogens is 3. The number of carbonyl (C=O) groups is 1. The van der Waals surface area contributed by atoms with Crippen molar-refractivity contribution in [2.75, 3.05) is 0 Å². The van der Waals surface area contributed by atoms with Gasteiger partial charge >= 0.3 is 0 Å². The molecule has 1 aromatic carbocycles. The van der Waals surface area contributed by atoms with Crippen LogP contribution in [0, 0.1) is 22.6 Å². The third kappa shape index (κ3) is 3.90. The molecule has 8 heteroatoms. The number of benzene rings is 1. The second kappa shape index (κ2) is 8.68. The van der Waals surface area contributed by atoms with E-state index in [1.54, 1.807) is 18.2 Å². The number of nitrogens with zero attached hydrogens (tertiary/aromatic N) is 4.